The lowest BCUT2D eigenvalue weighted by atomic mass is 9.87. The van der Waals surface area contributed by atoms with Crippen LogP contribution >= 0.6 is 11.3 Å². The van der Waals surface area contributed by atoms with Gasteiger partial charge in [0.1, 0.15) is 22.2 Å². The number of ether oxygens (including phenoxy) is 3. The van der Waals surface area contributed by atoms with Gasteiger partial charge in [-0.2, -0.15) is 9.78 Å². The third kappa shape index (κ3) is 7.84. The second-order valence-electron chi connectivity index (χ2n) is 12.5. The van der Waals surface area contributed by atoms with E-state index >= 15 is 0 Å². The second-order valence-corrected chi connectivity index (χ2v) is 13.5. The van der Waals surface area contributed by atoms with Crippen molar-refractivity contribution in [2.75, 3.05) is 45.4 Å². The molecule has 3 heterocycles. The monoisotopic (exact) mass is 635 g/mol. The normalized spacial score (nSPS) is 14.4. The Morgan fingerprint density at radius 1 is 1.11 bits per heavy atom. The highest BCUT2D eigenvalue weighted by atomic mass is 32.1. The molecule has 0 saturated carbocycles. The Kier molecular flexibility index (Phi) is 11.6. The van der Waals surface area contributed by atoms with E-state index in [1.54, 1.807) is 32.5 Å². The van der Waals surface area contributed by atoms with Crippen LogP contribution in [0.2, 0.25) is 0 Å². The van der Waals surface area contributed by atoms with Gasteiger partial charge in [-0.05, 0) is 56.5 Å². The zero-order valence-electron chi connectivity index (χ0n) is 28.4. The van der Waals surface area contributed by atoms with Gasteiger partial charge in [0.05, 0.1) is 36.7 Å². The van der Waals surface area contributed by atoms with Crippen LogP contribution in [0.1, 0.15) is 78.6 Å². The number of hydrogen-bond donors (Lipinski definition) is 0. The van der Waals surface area contributed by atoms with Gasteiger partial charge in [-0.1, -0.05) is 65.2 Å². The van der Waals surface area contributed by atoms with Crippen LogP contribution in [0.4, 0.5) is 10.0 Å². The molecule has 1 aliphatic rings. The zero-order chi connectivity index (χ0) is 32.7. The first-order chi connectivity index (χ1) is 21.6. The summed E-state index contributed by atoms with van der Waals surface area (Å²) < 4.78 is 18.7. The molecule has 0 radical (unpaired) electrons. The number of aliphatic imine (C=N–C) groups is 1. The molecule has 0 aliphatic carbocycles. The smallest absolute Gasteiger partial charge is 0.278 e. The number of rotatable bonds is 15. The minimum atomic E-state index is -0.375. The first-order valence-corrected chi connectivity index (χ1v) is 16.8. The predicted octanol–water partition coefficient (Wildman–Crippen LogP) is 7.74. The van der Waals surface area contributed by atoms with Crippen molar-refractivity contribution in [1.29, 1.82) is 0 Å². The number of nitrogens with zero attached hydrogens (tertiary/aromatic N) is 5. The fourth-order valence-electron chi connectivity index (χ4n) is 5.32. The minimum absolute atomic E-state index is 0.232. The number of benzene rings is 1. The number of unbranched alkanes of at least 4 members (excludes halogenated alkanes) is 1. The maximum atomic E-state index is 13.9. The Hall–Kier alpha value is -3.50. The van der Waals surface area contributed by atoms with Gasteiger partial charge in [-0.3, -0.25) is 4.79 Å². The predicted molar refractivity (Wildman–Crippen MR) is 187 cm³/mol. The summed E-state index contributed by atoms with van der Waals surface area (Å²) in [5, 5.41) is 6.71. The minimum Gasteiger partial charge on any atom is -0.496 e. The quantitative estimate of drug-likeness (QED) is 0.170. The van der Waals surface area contributed by atoms with Gasteiger partial charge in [-0.25, -0.2) is 9.98 Å². The standard InChI is InChI=1S/C35H49N5O4S/c1-10-13-14-24(11-2)22-44-25-15-16-27(43-9)26(21-25)30-23(4)34(41)40-33(37-30)31(32(38-40)35(5,6)7)36-28-17-18-29(45-28)39(12-3)19-20-42-8/h15-18,21,24H,10-14,19-20,22H2,1-9H3. The Bertz CT molecular complexity index is 1580. The molecule has 45 heavy (non-hydrogen) atoms. The van der Waals surface area contributed by atoms with Crippen molar-refractivity contribution in [3.63, 3.8) is 0 Å². The Morgan fingerprint density at radius 3 is 2.53 bits per heavy atom. The van der Waals surface area contributed by atoms with Crippen molar-refractivity contribution < 1.29 is 14.2 Å². The zero-order valence-corrected chi connectivity index (χ0v) is 29.2. The van der Waals surface area contributed by atoms with Gasteiger partial charge in [0.25, 0.3) is 5.56 Å². The fraction of sp³-hybridized carbons (Fsp3) is 0.543. The van der Waals surface area contributed by atoms with Crippen molar-refractivity contribution in [3.8, 4) is 22.8 Å². The number of aromatic nitrogens is 2. The van der Waals surface area contributed by atoms with Crippen LogP contribution in [0.5, 0.6) is 11.5 Å². The Balaban J connectivity index is 1.78. The van der Waals surface area contributed by atoms with Gasteiger partial charge in [0.15, 0.2) is 5.82 Å². The van der Waals surface area contributed by atoms with Crippen LogP contribution in [-0.2, 0) is 4.74 Å². The molecular formula is C35H49N5O4S. The van der Waals surface area contributed by atoms with Crippen molar-refractivity contribution >= 4 is 32.8 Å². The number of anilines is 1. The fourth-order valence-corrected chi connectivity index (χ4v) is 6.29. The average molecular weight is 636 g/mol. The first-order valence-electron chi connectivity index (χ1n) is 16.0. The van der Waals surface area contributed by atoms with Gasteiger partial charge < -0.3 is 19.1 Å². The van der Waals surface area contributed by atoms with Crippen LogP contribution < -0.4 is 19.9 Å². The highest BCUT2D eigenvalue weighted by Gasteiger charge is 2.35. The molecule has 1 aromatic carbocycles. The van der Waals surface area contributed by atoms with Crippen LogP contribution in [0.3, 0.4) is 0 Å². The maximum absolute atomic E-state index is 13.9. The van der Waals surface area contributed by atoms with Gasteiger partial charge in [0.2, 0.25) is 0 Å². The van der Waals surface area contributed by atoms with Gasteiger partial charge >= 0.3 is 0 Å². The van der Waals surface area contributed by atoms with E-state index in [0.717, 1.165) is 41.7 Å². The van der Waals surface area contributed by atoms with Crippen LogP contribution in [0, 0.1) is 18.3 Å². The summed E-state index contributed by atoms with van der Waals surface area (Å²) in [6.07, 6.45) is 4.58. The molecule has 0 N–H and O–H groups in total. The lowest BCUT2D eigenvalue weighted by Gasteiger charge is -2.20. The van der Waals surface area contributed by atoms with Crippen LogP contribution in [-0.4, -0.2) is 61.6 Å². The van der Waals surface area contributed by atoms with Gasteiger partial charge in [0, 0.05) is 36.7 Å². The summed E-state index contributed by atoms with van der Waals surface area (Å²) in [6, 6.07) is 9.81. The molecule has 9 nitrogen and oxygen atoms in total. The summed E-state index contributed by atoms with van der Waals surface area (Å²) in [4.78, 5) is 26.3. The summed E-state index contributed by atoms with van der Waals surface area (Å²) in [7, 11) is 3.34. The molecule has 0 amide bonds. The number of fused-ring (bicyclic) bond motifs is 1. The molecule has 3 aromatic rings. The molecule has 244 valence electrons. The number of likely N-dealkylation sites (N-methyl/N-ethyl adjacent to an activating group) is 1. The van der Waals surface area contributed by atoms with Crippen LogP contribution in [0.25, 0.3) is 11.3 Å². The lowest BCUT2D eigenvalue weighted by Crippen LogP contribution is -2.28. The molecule has 0 spiro atoms. The highest BCUT2D eigenvalue weighted by Crippen LogP contribution is 2.37. The molecule has 0 saturated heterocycles. The molecule has 1 aliphatic heterocycles. The highest BCUT2D eigenvalue weighted by molar-refractivity contribution is 7.19. The van der Waals surface area contributed by atoms with Crippen molar-refractivity contribution in [2.45, 2.75) is 74.1 Å². The average Bonchev–Trinajstić information content (AvgIpc) is 3.64. The molecule has 0 fully saturated rings. The molecule has 10 heteroatoms. The van der Waals surface area contributed by atoms with Gasteiger partial charge in [-0.15, -0.1) is 0 Å². The van der Waals surface area contributed by atoms with E-state index in [-0.39, 0.29) is 11.0 Å². The van der Waals surface area contributed by atoms with E-state index in [4.69, 9.17) is 29.3 Å². The molecular weight excluding hydrogens is 586 g/mol. The topological polar surface area (TPSA) is 90.5 Å². The second kappa shape index (κ2) is 15.2. The number of hydrogen-bond acceptors (Lipinski definition) is 9. The lowest BCUT2D eigenvalue weighted by molar-refractivity contribution is 0.205. The Morgan fingerprint density at radius 2 is 1.89 bits per heavy atom. The third-order valence-corrected chi connectivity index (χ3v) is 9.19. The van der Waals surface area contributed by atoms with E-state index in [2.05, 4.69) is 52.5 Å². The number of thiophene rings is 1. The van der Waals surface area contributed by atoms with E-state index in [1.165, 1.54) is 17.5 Å². The summed E-state index contributed by atoms with van der Waals surface area (Å²) >= 11 is 1.60. The third-order valence-electron chi connectivity index (χ3n) is 8.15. The molecule has 1 unspecified atom stereocenters. The van der Waals surface area contributed by atoms with Crippen molar-refractivity contribution in [2.24, 2.45) is 21.4 Å². The maximum Gasteiger partial charge on any atom is 0.278 e. The SMILES string of the molecule is CCCCC(CC)COc1ccc(OC)c(-c2nc3n(c(=O)c2C)N=C(C(C)(C)C)C3=Nc2ccc(N(CC)CCOC)s2)c1. The molecule has 4 rings (SSSR count). The van der Waals surface area contributed by atoms with E-state index in [0.29, 0.717) is 58.9 Å². The molecule has 0 bridgehead atoms. The summed E-state index contributed by atoms with van der Waals surface area (Å²) in [6.45, 7) is 17.5. The van der Waals surface area contributed by atoms with E-state index in [9.17, 15) is 4.79 Å². The largest absolute Gasteiger partial charge is 0.496 e. The molecule has 2 aromatic heterocycles. The Labute approximate surface area is 272 Å². The van der Waals surface area contributed by atoms with Crippen LogP contribution in [0.15, 0.2) is 45.2 Å². The number of methoxy groups -OCH3 is 2. The van der Waals surface area contributed by atoms with Crippen molar-refractivity contribution in [3.05, 3.63) is 52.1 Å². The van der Waals surface area contributed by atoms with Crippen molar-refractivity contribution in [1.82, 2.24) is 9.66 Å². The summed E-state index contributed by atoms with van der Waals surface area (Å²) in [5.41, 5.74) is 2.43. The van der Waals surface area contributed by atoms with E-state index < -0.39 is 0 Å². The molecule has 1 atom stereocenters. The van der Waals surface area contributed by atoms with E-state index in [1.807, 2.05) is 24.3 Å². The first kappa shape index (κ1) is 34.4. The summed E-state index contributed by atoms with van der Waals surface area (Å²) in [5.74, 6) is 2.26.